The van der Waals surface area contributed by atoms with Crippen molar-refractivity contribution in [1.82, 2.24) is 4.90 Å². The molecular weight excluding hydrogens is 304 g/mol. The summed E-state index contributed by atoms with van der Waals surface area (Å²) in [6.07, 6.45) is 0. The normalized spacial score (nSPS) is 14.3. The van der Waals surface area contributed by atoms with Crippen molar-refractivity contribution in [3.05, 3.63) is 60.2 Å². The number of benzene rings is 2. The smallest absolute Gasteiger partial charge is 0.324 e. The van der Waals surface area contributed by atoms with Gasteiger partial charge in [0, 0.05) is 32.4 Å². The van der Waals surface area contributed by atoms with Crippen LogP contribution in [0.1, 0.15) is 5.56 Å². The van der Waals surface area contributed by atoms with Gasteiger partial charge >= 0.3 is 6.03 Å². The molecule has 3 rings (SSSR count). The van der Waals surface area contributed by atoms with Crippen LogP contribution in [-0.2, 0) is 11.3 Å². The van der Waals surface area contributed by atoms with Gasteiger partial charge in [0.05, 0.1) is 6.61 Å². The van der Waals surface area contributed by atoms with Gasteiger partial charge in [-0.25, -0.2) is 4.79 Å². The fourth-order valence-electron chi connectivity index (χ4n) is 2.69. The number of nitrogens with zero attached hydrogens (tertiary/aromatic N) is 2. The Kier molecular flexibility index (Phi) is 5.33. The minimum absolute atomic E-state index is 0.0324. The second-order valence-electron chi connectivity index (χ2n) is 5.68. The molecule has 24 heavy (non-hydrogen) atoms. The number of amides is 2. The van der Waals surface area contributed by atoms with Gasteiger partial charge in [-0.1, -0.05) is 30.3 Å². The van der Waals surface area contributed by atoms with Gasteiger partial charge in [-0.05, 0) is 29.8 Å². The molecule has 2 aromatic carbocycles. The molecule has 0 atom stereocenters. The zero-order valence-corrected chi connectivity index (χ0v) is 13.9. The van der Waals surface area contributed by atoms with Crippen LogP contribution in [0.2, 0.25) is 0 Å². The SMILES string of the molecule is COCCN1CCN(c2ccc(OCc3ccccc3)cc2)C1=O. The van der Waals surface area contributed by atoms with Gasteiger partial charge in [-0.2, -0.15) is 0 Å². The van der Waals surface area contributed by atoms with Crippen LogP contribution >= 0.6 is 0 Å². The highest BCUT2D eigenvalue weighted by molar-refractivity contribution is 5.94. The molecular formula is C19H22N2O3. The van der Waals surface area contributed by atoms with Crippen LogP contribution in [0.3, 0.4) is 0 Å². The Balaban J connectivity index is 1.57. The maximum Gasteiger partial charge on any atom is 0.324 e. The van der Waals surface area contributed by atoms with E-state index in [1.165, 1.54) is 0 Å². The van der Waals surface area contributed by atoms with Gasteiger partial charge in [0.15, 0.2) is 0 Å². The lowest BCUT2D eigenvalue weighted by Crippen LogP contribution is -2.33. The van der Waals surface area contributed by atoms with Crippen molar-refractivity contribution in [2.75, 3.05) is 38.3 Å². The minimum Gasteiger partial charge on any atom is -0.489 e. The predicted molar refractivity (Wildman–Crippen MR) is 93.4 cm³/mol. The maximum absolute atomic E-state index is 12.4. The summed E-state index contributed by atoms with van der Waals surface area (Å²) in [6.45, 7) is 3.16. The largest absolute Gasteiger partial charge is 0.489 e. The number of anilines is 1. The van der Waals surface area contributed by atoms with Gasteiger partial charge in [0.25, 0.3) is 0 Å². The van der Waals surface area contributed by atoms with E-state index < -0.39 is 0 Å². The highest BCUT2D eigenvalue weighted by Crippen LogP contribution is 2.23. The van der Waals surface area contributed by atoms with Gasteiger partial charge in [-0.3, -0.25) is 4.90 Å². The second-order valence-corrected chi connectivity index (χ2v) is 5.68. The van der Waals surface area contributed by atoms with Crippen LogP contribution in [0.4, 0.5) is 10.5 Å². The lowest BCUT2D eigenvalue weighted by molar-refractivity contribution is 0.162. The Morgan fingerprint density at radius 3 is 2.46 bits per heavy atom. The first-order valence-corrected chi connectivity index (χ1v) is 8.10. The number of urea groups is 1. The van der Waals surface area contributed by atoms with Crippen LogP contribution < -0.4 is 9.64 Å². The first-order chi connectivity index (χ1) is 11.8. The summed E-state index contributed by atoms with van der Waals surface area (Å²) in [5, 5.41) is 0. The lowest BCUT2D eigenvalue weighted by Gasteiger charge is -2.18. The number of hydrogen-bond donors (Lipinski definition) is 0. The van der Waals surface area contributed by atoms with E-state index in [0.29, 0.717) is 26.3 Å². The molecule has 0 bridgehead atoms. The van der Waals surface area contributed by atoms with Crippen molar-refractivity contribution in [3.63, 3.8) is 0 Å². The molecule has 1 aliphatic rings. The van der Waals surface area contributed by atoms with Crippen LogP contribution in [0.15, 0.2) is 54.6 Å². The zero-order chi connectivity index (χ0) is 16.8. The summed E-state index contributed by atoms with van der Waals surface area (Å²) in [6, 6.07) is 17.7. The number of carbonyl (C=O) groups is 1. The van der Waals surface area contributed by atoms with E-state index in [-0.39, 0.29) is 6.03 Å². The van der Waals surface area contributed by atoms with Crippen molar-refractivity contribution in [3.8, 4) is 5.75 Å². The van der Waals surface area contributed by atoms with Gasteiger partial charge in [-0.15, -0.1) is 0 Å². The minimum atomic E-state index is 0.0324. The third-order valence-electron chi connectivity index (χ3n) is 4.06. The van der Waals surface area contributed by atoms with E-state index in [9.17, 15) is 4.79 Å². The van der Waals surface area contributed by atoms with E-state index in [1.807, 2.05) is 59.5 Å². The molecule has 2 aromatic rings. The molecule has 126 valence electrons. The standard InChI is InChI=1S/C19H22N2O3/c1-23-14-13-20-11-12-21(19(20)22)17-7-9-18(10-8-17)24-15-16-5-3-2-4-6-16/h2-10H,11-15H2,1H3. The molecule has 0 radical (unpaired) electrons. The van der Waals surface area contributed by atoms with Crippen molar-refractivity contribution in [2.24, 2.45) is 0 Å². The molecule has 5 heteroatoms. The highest BCUT2D eigenvalue weighted by atomic mass is 16.5. The topological polar surface area (TPSA) is 42.0 Å². The highest BCUT2D eigenvalue weighted by Gasteiger charge is 2.28. The van der Waals surface area contributed by atoms with E-state index in [1.54, 1.807) is 12.0 Å². The molecule has 0 unspecified atom stereocenters. The Morgan fingerprint density at radius 1 is 1.00 bits per heavy atom. The van der Waals surface area contributed by atoms with E-state index in [0.717, 1.165) is 23.5 Å². The summed E-state index contributed by atoms with van der Waals surface area (Å²) in [5.74, 6) is 0.797. The Hall–Kier alpha value is -2.53. The van der Waals surface area contributed by atoms with Crippen LogP contribution in [0.5, 0.6) is 5.75 Å². The molecule has 0 saturated carbocycles. The quantitative estimate of drug-likeness (QED) is 0.785. The van der Waals surface area contributed by atoms with Crippen molar-refractivity contribution in [1.29, 1.82) is 0 Å². The molecule has 5 nitrogen and oxygen atoms in total. The number of ether oxygens (including phenoxy) is 2. The van der Waals surface area contributed by atoms with Gasteiger partial charge in [0.1, 0.15) is 12.4 Å². The number of hydrogen-bond acceptors (Lipinski definition) is 3. The van der Waals surface area contributed by atoms with E-state index >= 15 is 0 Å². The number of methoxy groups -OCH3 is 1. The first-order valence-electron chi connectivity index (χ1n) is 8.10. The fourth-order valence-corrected chi connectivity index (χ4v) is 2.69. The average Bonchev–Trinajstić information content (AvgIpc) is 3.00. The van der Waals surface area contributed by atoms with E-state index in [4.69, 9.17) is 9.47 Å². The second kappa shape index (κ2) is 7.84. The zero-order valence-electron chi connectivity index (χ0n) is 13.9. The van der Waals surface area contributed by atoms with Crippen molar-refractivity contribution < 1.29 is 14.3 Å². The third-order valence-corrected chi connectivity index (χ3v) is 4.06. The molecule has 1 heterocycles. The summed E-state index contributed by atoms with van der Waals surface area (Å²) < 4.78 is 10.8. The molecule has 2 amide bonds. The lowest BCUT2D eigenvalue weighted by atomic mass is 10.2. The molecule has 0 spiro atoms. The third kappa shape index (κ3) is 3.86. The van der Waals surface area contributed by atoms with Crippen molar-refractivity contribution in [2.45, 2.75) is 6.61 Å². The Bertz CT molecular complexity index is 658. The molecule has 1 saturated heterocycles. The summed E-state index contributed by atoms with van der Waals surface area (Å²) in [7, 11) is 1.65. The average molecular weight is 326 g/mol. The molecule has 0 aliphatic carbocycles. The van der Waals surface area contributed by atoms with Crippen LogP contribution in [-0.4, -0.2) is 44.3 Å². The van der Waals surface area contributed by atoms with Gasteiger partial charge in [0.2, 0.25) is 0 Å². The van der Waals surface area contributed by atoms with Gasteiger partial charge < -0.3 is 14.4 Å². The summed E-state index contributed by atoms with van der Waals surface area (Å²) in [5.41, 5.74) is 2.03. The molecule has 0 N–H and O–H groups in total. The number of carbonyl (C=O) groups excluding carboxylic acids is 1. The molecule has 1 fully saturated rings. The molecule has 1 aliphatic heterocycles. The van der Waals surface area contributed by atoms with Crippen LogP contribution in [0, 0.1) is 0 Å². The molecule has 0 aromatic heterocycles. The van der Waals surface area contributed by atoms with Crippen LogP contribution in [0.25, 0.3) is 0 Å². The Labute approximate surface area is 142 Å². The Morgan fingerprint density at radius 2 is 1.75 bits per heavy atom. The van der Waals surface area contributed by atoms with E-state index in [2.05, 4.69) is 0 Å². The maximum atomic E-state index is 12.4. The summed E-state index contributed by atoms with van der Waals surface area (Å²) >= 11 is 0. The van der Waals surface area contributed by atoms with Crippen molar-refractivity contribution >= 4 is 11.7 Å². The number of rotatable bonds is 7. The first kappa shape index (κ1) is 16.3. The summed E-state index contributed by atoms with van der Waals surface area (Å²) in [4.78, 5) is 16.0. The predicted octanol–water partition coefficient (Wildman–Crippen LogP) is 3.15. The monoisotopic (exact) mass is 326 g/mol. The fraction of sp³-hybridized carbons (Fsp3) is 0.316.